The average molecular weight is 692 g/mol. The van der Waals surface area contributed by atoms with Crippen LogP contribution in [0.1, 0.15) is 81.1 Å². The molecule has 10 nitrogen and oxygen atoms in total. The zero-order chi connectivity index (χ0) is 33.9. The first-order valence-corrected chi connectivity index (χ1v) is 19.0. The first-order chi connectivity index (χ1) is 24.3. The monoisotopic (exact) mass is 691 g/mol. The van der Waals surface area contributed by atoms with Gasteiger partial charge in [0.2, 0.25) is 5.88 Å². The fourth-order valence-corrected chi connectivity index (χ4v) is 9.89. The maximum absolute atomic E-state index is 13.9. The van der Waals surface area contributed by atoms with Crippen molar-refractivity contribution in [2.75, 3.05) is 29.9 Å². The van der Waals surface area contributed by atoms with Gasteiger partial charge in [-0.15, -0.1) is 5.10 Å². The van der Waals surface area contributed by atoms with Gasteiger partial charge in [-0.25, -0.2) is 14.6 Å². The van der Waals surface area contributed by atoms with Crippen molar-refractivity contribution >= 4 is 29.5 Å². The molecule has 11 heteroatoms. The SMILES string of the molecule is CC1(C)CC2CCCNc3cc(OCc4ccccc4)cc(n3)SNC(=O)c3ccc(-n4ccc(OCCC5C6(CC6)C56CC6)n4)nc3N1C2. The molecule has 5 heterocycles. The second-order valence-electron chi connectivity index (χ2n) is 15.5. The van der Waals surface area contributed by atoms with Crippen LogP contribution in [0, 0.1) is 22.7 Å². The summed E-state index contributed by atoms with van der Waals surface area (Å²) < 4.78 is 17.1. The van der Waals surface area contributed by atoms with Crippen LogP contribution in [0.25, 0.3) is 5.82 Å². The number of benzene rings is 1. The fraction of sp³-hybridized carbons (Fsp3) is 0.487. The summed E-state index contributed by atoms with van der Waals surface area (Å²) in [5, 5.41) is 8.88. The number of nitrogens with one attached hydrogen (secondary N) is 2. The molecule has 2 spiro atoms. The Hall–Kier alpha value is -4.25. The van der Waals surface area contributed by atoms with Gasteiger partial charge in [-0.3, -0.25) is 9.52 Å². The summed E-state index contributed by atoms with van der Waals surface area (Å²) in [5.74, 6) is 4.47. The molecule has 50 heavy (non-hydrogen) atoms. The summed E-state index contributed by atoms with van der Waals surface area (Å²) in [7, 11) is 0. The van der Waals surface area contributed by atoms with Gasteiger partial charge in [-0.2, -0.15) is 0 Å². The molecule has 1 saturated heterocycles. The van der Waals surface area contributed by atoms with Crippen LogP contribution >= 0.6 is 11.9 Å². The summed E-state index contributed by atoms with van der Waals surface area (Å²) in [4.78, 5) is 26.2. The number of rotatable bonds is 8. The Morgan fingerprint density at radius 2 is 1.80 bits per heavy atom. The van der Waals surface area contributed by atoms with Crippen LogP contribution < -0.4 is 24.4 Å². The van der Waals surface area contributed by atoms with Gasteiger partial charge >= 0.3 is 0 Å². The van der Waals surface area contributed by atoms with E-state index in [4.69, 9.17) is 24.5 Å². The summed E-state index contributed by atoms with van der Waals surface area (Å²) in [6.07, 6.45) is 11.8. The molecule has 2 N–H and O–H groups in total. The van der Waals surface area contributed by atoms with Crippen molar-refractivity contribution in [3.63, 3.8) is 0 Å². The average Bonchev–Trinajstić information content (AvgIpc) is 4.07. The molecule has 9 rings (SSSR count). The molecule has 1 unspecified atom stereocenters. The first-order valence-electron chi connectivity index (χ1n) is 18.2. The van der Waals surface area contributed by atoms with Crippen LogP contribution in [0.15, 0.2) is 71.9 Å². The predicted octanol–water partition coefficient (Wildman–Crippen LogP) is 7.45. The zero-order valence-corrected chi connectivity index (χ0v) is 29.7. The van der Waals surface area contributed by atoms with E-state index in [0.29, 0.717) is 63.8 Å². The zero-order valence-electron chi connectivity index (χ0n) is 28.9. The molecule has 1 atom stereocenters. The Bertz CT molecular complexity index is 1890. The number of aromatic nitrogens is 4. The van der Waals surface area contributed by atoms with Crippen molar-refractivity contribution in [1.82, 2.24) is 24.5 Å². The molecule has 3 aromatic heterocycles. The predicted molar refractivity (Wildman–Crippen MR) is 194 cm³/mol. The highest BCUT2D eigenvalue weighted by Crippen LogP contribution is 2.93. The maximum Gasteiger partial charge on any atom is 0.265 e. The third-order valence-corrected chi connectivity index (χ3v) is 12.7. The number of pyridine rings is 2. The Balaban J connectivity index is 0.947. The van der Waals surface area contributed by atoms with Crippen LogP contribution in [0.5, 0.6) is 11.6 Å². The summed E-state index contributed by atoms with van der Waals surface area (Å²) in [6, 6.07) is 19.5. The molecule has 1 aromatic carbocycles. The van der Waals surface area contributed by atoms with Gasteiger partial charge in [0.15, 0.2) is 5.82 Å². The maximum atomic E-state index is 13.9. The van der Waals surface area contributed by atoms with E-state index < -0.39 is 0 Å². The number of amides is 1. The molecule has 2 aliphatic heterocycles. The van der Waals surface area contributed by atoms with Gasteiger partial charge < -0.3 is 19.7 Å². The molecule has 4 bridgehead atoms. The van der Waals surface area contributed by atoms with Gasteiger partial charge in [-0.05, 0) is 106 Å². The van der Waals surface area contributed by atoms with Gasteiger partial charge in [-0.1, -0.05) is 30.3 Å². The molecule has 3 saturated carbocycles. The Labute approximate surface area is 297 Å². The second-order valence-corrected chi connectivity index (χ2v) is 16.4. The van der Waals surface area contributed by atoms with Crippen LogP contribution in [0.2, 0.25) is 0 Å². The molecule has 0 radical (unpaired) electrons. The first kappa shape index (κ1) is 31.7. The van der Waals surface area contributed by atoms with E-state index >= 15 is 0 Å². The number of hydrogen-bond donors (Lipinski definition) is 2. The van der Waals surface area contributed by atoms with E-state index in [1.165, 1.54) is 37.6 Å². The Morgan fingerprint density at radius 1 is 0.980 bits per heavy atom. The fourth-order valence-electron chi connectivity index (χ4n) is 9.26. The third kappa shape index (κ3) is 5.87. The van der Waals surface area contributed by atoms with Crippen LogP contribution in [-0.4, -0.2) is 50.9 Å². The van der Waals surface area contributed by atoms with E-state index in [9.17, 15) is 4.79 Å². The number of carbonyl (C=O) groups is 1. The van der Waals surface area contributed by atoms with Gasteiger partial charge in [0.05, 0.1) is 12.2 Å². The quantitative estimate of drug-likeness (QED) is 0.182. The number of fused-ring (bicyclic) bond motifs is 7. The highest BCUT2D eigenvalue weighted by molar-refractivity contribution is 7.97. The van der Waals surface area contributed by atoms with E-state index in [1.54, 1.807) is 4.68 Å². The third-order valence-electron chi connectivity index (χ3n) is 12.0. The topological polar surface area (TPSA) is 106 Å². The van der Waals surface area contributed by atoms with E-state index in [0.717, 1.165) is 56.1 Å². The van der Waals surface area contributed by atoms with Gasteiger partial charge in [0.1, 0.15) is 29.0 Å². The van der Waals surface area contributed by atoms with Crippen molar-refractivity contribution in [2.24, 2.45) is 22.7 Å². The van der Waals surface area contributed by atoms with Crippen molar-refractivity contribution in [2.45, 2.75) is 82.4 Å². The number of nitrogens with zero attached hydrogens (tertiary/aromatic N) is 5. The summed E-state index contributed by atoms with van der Waals surface area (Å²) in [5.41, 5.74) is 2.83. The van der Waals surface area contributed by atoms with Crippen LogP contribution in [0.3, 0.4) is 0 Å². The lowest BCUT2D eigenvalue weighted by molar-refractivity contribution is 0.0984. The largest absolute Gasteiger partial charge is 0.489 e. The van der Waals surface area contributed by atoms with Crippen molar-refractivity contribution < 1.29 is 14.3 Å². The Kier molecular flexibility index (Phi) is 7.75. The van der Waals surface area contributed by atoms with Crippen LogP contribution in [0.4, 0.5) is 11.6 Å². The molecule has 4 aromatic rings. The van der Waals surface area contributed by atoms with E-state index in [1.807, 2.05) is 66.9 Å². The molecular weight excluding hydrogens is 647 g/mol. The number of anilines is 2. The lowest BCUT2D eigenvalue weighted by Gasteiger charge is -2.34. The minimum absolute atomic E-state index is 0.168. The molecule has 5 aliphatic rings. The number of hydrogen-bond acceptors (Lipinski definition) is 9. The lowest BCUT2D eigenvalue weighted by atomic mass is 9.93. The van der Waals surface area contributed by atoms with Crippen molar-refractivity contribution in [1.29, 1.82) is 0 Å². The normalized spacial score (nSPS) is 22.6. The standard InChI is InChI=1S/C39H45N7O3S/c1-37(2)23-27-9-6-18-40-31-21-28(49-25-26-7-4-3-5-8-26)22-34(41-31)50-44-36(47)29-10-11-32(42-35(29)45(37)24-27)46-19-12-33(43-46)48-20-13-30-38(14-15-38)39(30)16-17-39/h3-5,7-8,10-12,19,21-22,27,30H,6,9,13-18,20,23-25H2,1-2H3,(H,40,41)(H,44,47). The molecule has 3 aliphatic carbocycles. The summed E-state index contributed by atoms with van der Waals surface area (Å²) >= 11 is 1.18. The second kappa shape index (κ2) is 12.2. The summed E-state index contributed by atoms with van der Waals surface area (Å²) in [6.45, 7) is 7.29. The minimum atomic E-state index is -0.225. The van der Waals surface area contributed by atoms with Crippen molar-refractivity contribution in [3.05, 3.63) is 78.0 Å². The number of carbonyl (C=O) groups excluding carboxylic acids is 1. The van der Waals surface area contributed by atoms with Gasteiger partial charge in [0.25, 0.3) is 5.91 Å². The highest BCUT2D eigenvalue weighted by Gasteiger charge is 2.85. The van der Waals surface area contributed by atoms with E-state index in [-0.39, 0.29) is 11.4 Å². The smallest absolute Gasteiger partial charge is 0.265 e. The van der Waals surface area contributed by atoms with E-state index in [2.05, 4.69) is 28.8 Å². The molecule has 260 valence electrons. The molecule has 1 amide bonds. The number of ether oxygens (including phenoxy) is 2. The van der Waals surface area contributed by atoms with Crippen molar-refractivity contribution in [3.8, 4) is 17.4 Å². The lowest BCUT2D eigenvalue weighted by Crippen LogP contribution is -2.40. The minimum Gasteiger partial charge on any atom is -0.489 e. The Morgan fingerprint density at radius 3 is 2.60 bits per heavy atom. The molecular formula is C39H45N7O3S. The molecule has 4 fully saturated rings. The highest BCUT2D eigenvalue weighted by atomic mass is 32.2. The van der Waals surface area contributed by atoms with Gasteiger partial charge in [0, 0.05) is 55.0 Å². The van der Waals surface area contributed by atoms with Crippen LogP contribution in [-0.2, 0) is 6.61 Å².